The van der Waals surface area contributed by atoms with Gasteiger partial charge in [-0.15, -0.1) is 0 Å². The first-order chi connectivity index (χ1) is 10.7. The Hall–Kier alpha value is -2.04. The summed E-state index contributed by atoms with van der Waals surface area (Å²) in [7, 11) is 0. The topological polar surface area (TPSA) is 52.7 Å². The maximum atomic E-state index is 12.8. The molecule has 0 spiro atoms. The normalized spacial score (nSPS) is 15.9. The predicted octanol–water partition coefficient (Wildman–Crippen LogP) is 2.71. The van der Waals surface area contributed by atoms with Gasteiger partial charge in [-0.05, 0) is 64.8 Å². The van der Waals surface area contributed by atoms with Gasteiger partial charge in [-0.2, -0.15) is 0 Å². The summed E-state index contributed by atoms with van der Waals surface area (Å²) >= 11 is 0. The minimum atomic E-state index is -0.724. The van der Waals surface area contributed by atoms with Gasteiger partial charge < -0.3 is 10.2 Å². The van der Waals surface area contributed by atoms with Crippen molar-refractivity contribution in [2.45, 2.75) is 47.1 Å². The second-order valence-electron chi connectivity index (χ2n) is 6.66. The lowest BCUT2D eigenvalue weighted by molar-refractivity contribution is -0.131. The molecule has 0 unspecified atom stereocenters. The zero-order valence-electron chi connectivity index (χ0n) is 15.0. The number of amides is 2. The van der Waals surface area contributed by atoms with Gasteiger partial charge in [-0.1, -0.05) is 0 Å². The van der Waals surface area contributed by atoms with Gasteiger partial charge in [0.25, 0.3) is 5.91 Å². The van der Waals surface area contributed by atoms with Gasteiger partial charge in [0.2, 0.25) is 5.91 Å². The van der Waals surface area contributed by atoms with Crippen LogP contribution in [0.4, 0.5) is 11.4 Å². The van der Waals surface area contributed by atoms with Crippen LogP contribution in [0, 0.1) is 13.8 Å². The Kier molecular flexibility index (Phi) is 4.68. The molecule has 0 saturated carbocycles. The lowest BCUT2D eigenvalue weighted by Crippen LogP contribution is -2.56. The van der Waals surface area contributed by atoms with E-state index in [1.54, 1.807) is 9.80 Å². The Morgan fingerprint density at radius 2 is 1.74 bits per heavy atom. The standard InChI is InChI=1S/C18H27N3O2/c1-7-20(8-2)16(22)11-21-15-10-13(4)12(3)9-14(15)19-18(5,6)17(21)23/h9-10,19H,7-8,11H2,1-6H3. The lowest BCUT2D eigenvalue weighted by Gasteiger charge is -2.40. The summed E-state index contributed by atoms with van der Waals surface area (Å²) in [6.45, 7) is 13.1. The number of nitrogens with one attached hydrogen (secondary N) is 1. The monoisotopic (exact) mass is 317 g/mol. The molecule has 0 aromatic heterocycles. The number of fused-ring (bicyclic) bond motifs is 1. The van der Waals surface area contributed by atoms with E-state index in [0.717, 1.165) is 22.5 Å². The van der Waals surface area contributed by atoms with Crippen LogP contribution >= 0.6 is 0 Å². The highest BCUT2D eigenvalue weighted by molar-refractivity contribution is 6.10. The number of carbonyl (C=O) groups excluding carboxylic acids is 2. The van der Waals surface area contributed by atoms with E-state index in [4.69, 9.17) is 0 Å². The first-order valence-corrected chi connectivity index (χ1v) is 8.20. The van der Waals surface area contributed by atoms with E-state index in [2.05, 4.69) is 5.32 Å². The average Bonchev–Trinajstić information content (AvgIpc) is 2.47. The molecule has 1 heterocycles. The summed E-state index contributed by atoms with van der Waals surface area (Å²) in [4.78, 5) is 28.7. The highest BCUT2D eigenvalue weighted by Crippen LogP contribution is 2.37. The molecular weight excluding hydrogens is 290 g/mol. The molecule has 23 heavy (non-hydrogen) atoms. The van der Waals surface area contributed by atoms with Crippen molar-refractivity contribution in [3.8, 4) is 0 Å². The van der Waals surface area contributed by atoms with Crippen molar-refractivity contribution in [2.24, 2.45) is 0 Å². The Morgan fingerprint density at radius 3 is 2.30 bits per heavy atom. The molecule has 0 fully saturated rings. The Labute approximate surface area is 138 Å². The number of benzene rings is 1. The van der Waals surface area contributed by atoms with Gasteiger partial charge >= 0.3 is 0 Å². The third-order valence-electron chi connectivity index (χ3n) is 4.54. The van der Waals surface area contributed by atoms with Gasteiger partial charge in [-0.25, -0.2) is 0 Å². The van der Waals surface area contributed by atoms with E-state index in [-0.39, 0.29) is 18.4 Å². The number of nitrogens with zero attached hydrogens (tertiary/aromatic N) is 2. The summed E-state index contributed by atoms with van der Waals surface area (Å²) < 4.78 is 0. The van der Waals surface area contributed by atoms with E-state index in [1.807, 2.05) is 53.7 Å². The molecule has 1 N–H and O–H groups in total. The molecule has 1 aromatic rings. The van der Waals surface area contributed by atoms with Crippen molar-refractivity contribution in [2.75, 3.05) is 29.9 Å². The Bertz CT molecular complexity index is 633. The number of hydrogen-bond acceptors (Lipinski definition) is 3. The summed E-state index contributed by atoms with van der Waals surface area (Å²) in [5.41, 5.74) is 3.25. The number of hydrogen-bond donors (Lipinski definition) is 1. The molecule has 0 saturated heterocycles. The van der Waals surface area contributed by atoms with Gasteiger partial charge in [0.15, 0.2) is 0 Å². The fraction of sp³-hybridized carbons (Fsp3) is 0.556. The molecule has 2 rings (SSSR count). The zero-order valence-corrected chi connectivity index (χ0v) is 15.0. The molecule has 0 radical (unpaired) electrons. The predicted molar refractivity (Wildman–Crippen MR) is 93.9 cm³/mol. The van der Waals surface area contributed by atoms with Crippen LogP contribution in [0.5, 0.6) is 0 Å². The molecule has 0 atom stereocenters. The number of carbonyl (C=O) groups is 2. The number of likely N-dealkylation sites (N-methyl/N-ethyl adjacent to an activating group) is 1. The quantitative estimate of drug-likeness (QED) is 0.929. The van der Waals surface area contributed by atoms with Crippen LogP contribution in [-0.4, -0.2) is 41.9 Å². The van der Waals surface area contributed by atoms with E-state index in [0.29, 0.717) is 13.1 Å². The van der Waals surface area contributed by atoms with Crippen LogP contribution in [0.15, 0.2) is 12.1 Å². The minimum absolute atomic E-state index is 0.0229. The van der Waals surface area contributed by atoms with Gasteiger partial charge in [0, 0.05) is 13.1 Å². The molecule has 0 aliphatic carbocycles. The Balaban J connectivity index is 2.43. The number of aryl methyl sites for hydroxylation is 2. The van der Waals surface area contributed by atoms with Crippen molar-refractivity contribution in [3.63, 3.8) is 0 Å². The van der Waals surface area contributed by atoms with Crippen LogP contribution in [0.2, 0.25) is 0 Å². The maximum Gasteiger partial charge on any atom is 0.252 e. The van der Waals surface area contributed by atoms with Crippen molar-refractivity contribution in [3.05, 3.63) is 23.3 Å². The third kappa shape index (κ3) is 3.19. The molecular formula is C18H27N3O2. The first kappa shape index (κ1) is 17.3. The largest absolute Gasteiger partial charge is 0.370 e. The molecule has 1 aliphatic heterocycles. The van der Waals surface area contributed by atoms with Crippen molar-refractivity contribution in [1.82, 2.24) is 4.90 Å². The fourth-order valence-electron chi connectivity index (χ4n) is 2.93. The van der Waals surface area contributed by atoms with Gasteiger partial charge in [0.05, 0.1) is 11.4 Å². The molecule has 126 valence electrons. The maximum absolute atomic E-state index is 12.8. The second kappa shape index (κ2) is 6.22. The van der Waals surface area contributed by atoms with Crippen LogP contribution < -0.4 is 10.2 Å². The summed E-state index contributed by atoms with van der Waals surface area (Å²) in [5, 5.41) is 3.30. The van der Waals surface area contributed by atoms with Crippen LogP contribution in [0.1, 0.15) is 38.8 Å². The van der Waals surface area contributed by atoms with Crippen LogP contribution in [-0.2, 0) is 9.59 Å². The Morgan fingerprint density at radius 1 is 1.17 bits per heavy atom. The van der Waals surface area contributed by atoms with Gasteiger partial charge in [-0.3, -0.25) is 14.5 Å². The van der Waals surface area contributed by atoms with E-state index in [1.165, 1.54) is 0 Å². The molecule has 1 aliphatic rings. The second-order valence-corrected chi connectivity index (χ2v) is 6.66. The van der Waals surface area contributed by atoms with Gasteiger partial charge in [0.1, 0.15) is 12.1 Å². The average molecular weight is 317 g/mol. The van der Waals surface area contributed by atoms with Crippen LogP contribution in [0.25, 0.3) is 0 Å². The smallest absolute Gasteiger partial charge is 0.252 e. The third-order valence-corrected chi connectivity index (χ3v) is 4.54. The van der Waals surface area contributed by atoms with Crippen molar-refractivity contribution >= 4 is 23.2 Å². The van der Waals surface area contributed by atoms with Crippen molar-refractivity contribution in [1.29, 1.82) is 0 Å². The molecule has 2 amide bonds. The summed E-state index contributed by atoms with van der Waals surface area (Å²) in [6.07, 6.45) is 0. The molecule has 0 bridgehead atoms. The van der Waals surface area contributed by atoms with Crippen molar-refractivity contribution < 1.29 is 9.59 Å². The van der Waals surface area contributed by atoms with E-state index in [9.17, 15) is 9.59 Å². The number of anilines is 2. The minimum Gasteiger partial charge on any atom is -0.370 e. The lowest BCUT2D eigenvalue weighted by atomic mass is 9.96. The van der Waals surface area contributed by atoms with E-state index >= 15 is 0 Å². The summed E-state index contributed by atoms with van der Waals surface area (Å²) in [5.74, 6) is -0.0982. The first-order valence-electron chi connectivity index (χ1n) is 8.20. The van der Waals surface area contributed by atoms with E-state index < -0.39 is 5.54 Å². The summed E-state index contributed by atoms with van der Waals surface area (Å²) in [6, 6.07) is 4.04. The van der Waals surface area contributed by atoms with Crippen LogP contribution in [0.3, 0.4) is 0 Å². The molecule has 5 heteroatoms. The molecule has 5 nitrogen and oxygen atoms in total. The zero-order chi connectivity index (χ0) is 17.4. The highest BCUT2D eigenvalue weighted by Gasteiger charge is 2.39. The fourth-order valence-corrected chi connectivity index (χ4v) is 2.93. The highest BCUT2D eigenvalue weighted by atomic mass is 16.2. The number of rotatable bonds is 4. The SMILES string of the molecule is CCN(CC)C(=O)CN1C(=O)C(C)(C)Nc2cc(C)c(C)cc21. The molecule has 1 aromatic carbocycles.